The van der Waals surface area contributed by atoms with Crippen LogP contribution in [0.25, 0.3) is 0 Å². The third-order valence-corrected chi connectivity index (χ3v) is 5.53. The van der Waals surface area contributed by atoms with E-state index in [0.717, 1.165) is 57.1 Å². The highest BCUT2D eigenvalue weighted by atomic mass is 16.5. The molecule has 7 nitrogen and oxygen atoms in total. The molecule has 1 aromatic heterocycles. The molecule has 0 atom stereocenters. The molecule has 1 N–H and O–H groups in total. The fraction of sp³-hybridized carbons (Fsp3) is 0.476. The second kappa shape index (κ2) is 8.14. The van der Waals surface area contributed by atoms with Crippen molar-refractivity contribution < 1.29 is 9.53 Å². The minimum Gasteiger partial charge on any atom is -0.493 e. The topological polar surface area (TPSA) is 70.6 Å². The van der Waals surface area contributed by atoms with Gasteiger partial charge in [0.05, 0.1) is 17.9 Å². The molecule has 1 amide bonds. The van der Waals surface area contributed by atoms with Crippen LogP contribution in [0.2, 0.25) is 0 Å². The number of hydrogen-bond donors (Lipinski definition) is 1. The summed E-state index contributed by atoms with van der Waals surface area (Å²) in [4.78, 5) is 26.2. The van der Waals surface area contributed by atoms with Crippen molar-refractivity contribution in [3.63, 3.8) is 0 Å². The molecule has 2 aliphatic heterocycles. The number of ether oxygens (including phenoxy) is 1. The molecular formula is C21H27N5O2. The minimum atomic E-state index is -0.152. The lowest BCUT2D eigenvalue weighted by Crippen LogP contribution is -2.46. The Bertz CT molecular complexity index is 862. The second-order valence-corrected chi connectivity index (χ2v) is 7.31. The number of carbonyl (C=O) groups excluding carboxylic acids is 1. The lowest BCUT2D eigenvalue weighted by atomic mass is 10.1. The van der Waals surface area contributed by atoms with Crippen molar-refractivity contribution in [1.29, 1.82) is 0 Å². The van der Waals surface area contributed by atoms with Crippen molar-refractivity contribution in [3.05, 3.63) is 46.8 Å². The number of fused-ring (bicyclic) bond motifs is 1. The quantitative estimate of drug-likeness (QED) is 0.852. The molecule has 1 fully saturated rings. The van der Waals surface area contributed by atoms with Gasteiger partial charge in [0.2, 0.25) is 5.95 Å². The highest BCUT2D eigenvalue weighted by Gasteiger charge is 2.20. The minimum absolute atomic E-state index is 0.152. The van der Waals surface area contributed by atoms with Crippen molar-refractivity contribution in [2.24, 2.45) is 0 Å². The normalized spacial score (nSPS) is 16.6. The van der Waals surface area contributed by atoms with E-state index in [2.05, 4.69) is 38.1 Å². The van der Waals surface area contributed by atoms with E-state index in [1.165, 1.54) is 5.56 Å². The van der Waals surface area contributed by atoms with Gasteiger partial charge in [0.15, 0.2) is 0 Å². The third-order valence-electron chi connectivity index (χ3n) is 5.53. The predicted octanol–water partition coefficient (Wildman–Crippen LogP) is 1.79. The summed E-state index contributed by atoms with van der Waals surface area (Å²) in [5.74, 6) is 1.49. The number of anilines is 1. The number of aryl methyl sites for hydroxylation is 1. The second-order valence-electron chi connectivity index (χ2n) is 7.31. The third kappa shape index (κ3) is 3.94. The van der Waals surface area contributed by atoms with Crippen LogP contribution in [0.3, 0.4) is 0 Å². The van der Waals surface area contributed by atoms with Crippen LogP contribution in [-0.2, 0) is 13.0 Å². The van der Waals surface area contributed by atoms with Gasteiger partial charge in [-0.15, -0.1) is 0 Å². The summed E-state index contributed by atoms with van der Waals surface area (Å²) in [7, 11) is 0. The van der Waals surface area contributed by atoms with Gasteiger partial charge in [-0.05, 0) is 30.7 Å². The number of hydrogen-bond acceptors (Lipinski definition) is 6. The van der Waals surface area contributed by atoms with Gasteiger partial charge in [-0.2, -0.15) is 0 Å². The number of carbonyl (C=O) groups is 1. The van der Waals surface area contributed by atoms with Crippen molar-refractivity contribution in [3.8, 4) is 5.75 Å². The summed E-state index contributed by atoms with van der Waals surface area (Å²) in [5.41, 5.74) is 3.48. The fourth-order valence-corrected chi connectivity index (χ4v) is 3.69. The maximum absolute atomic E-state index is 12.6. The van der Waals surface area contributed by atoms with Gasteiger partial charge in [0.25, 0.3) is 5.91 Å². The highest BCUT2D eigenvalue weighted by Crippen LogP contribution is 2.26. The first-order valence-corrected chi connectivity index (χ1v) is 9.98. The standard InChI is InChI=1S/C21H27N5O2/c1-3-25-7-9-26(10-8-25)21-23-14-18(15(2)24-21)20(27)22-13-16-4-5-17-6-11-28-19(17)12-16/h4-5,12,14H,3,6-11,13H2,1-2H3,(H,22,27). The van der Waals surface area contributed by atoms with Gasteiger partial charge in [0, 0.05) is 45.3 Å². The summed E-state index contributed by atoms with van der Waals surface area (Å²) in [6.07, 6.45) is 2.60. The fourth-order valence-electron chi connectivity index (χ4n) is 3.69. The number of nitrogens with zero attached hydrogens (tertiary/aromatic N) is 4. The van der Waals surface area contributed by atoms with Gasteiger partial charge in [-0.3, -0.25) is 4.79 Å². The van der Waals surface area contributed by atoms with Crippen LogP contribution in [0.4, 0.5) is 5.95 Å². The highest BCUT2D eigenvalue weighted by molar-refractivity contribution is 5.94. The first-order chi connectivity index (χ1) is 13.6. The van der Waals surface area contributed by atoms with Crippen LogP contribution >= 0.6 is 0 Å². The average molecular weight is 381 g/mol. The van der Waals surface area contributed by atoms with E-state index in [0.29, 0.717) is 23.8 Å². The number of aromatic nitrogens is 2. The van der Waals surface area contributed by atoms with E-state index in [9.17, 15) is 4.79 Å². The van der Waals surface area contributed by atoms with E-state index in [4.69, 9.17) is 4.74 Å². The van der Waals surface area contributed by atoms with Gasteiger partial charge >= 0.3 is 0 Å². The lowest BCUT2D eigenvalue weighted by molar-refractivity contribution is 0.0949. The predicted molar refractivity (Wildman–Crippen MR) is 108 cm³/mol. The molecule has 3 heterocycles. The molecule has 0 unspecified atom stereocenters. The Morgan fingerprint density at radius 2 is 2.07 bits per heavy atom. The molecule has 2 aliphatic rings. The molecule has 4 rings (SSSR count). The van der Waals surface area contributed by atoms with Crippen LogP contribution in [0.1, 0.15) is 34.1 Å². The lowest BCUT2D eigenvalue weighted by Gasteiger charge is -2.34. The summed E-state index contributed by atoms with van der Waals surface area (Å²) in [6, 6.07) is 6.12. The summed E-state index contributed by atoms with van der Waals surface area (Å²) >= 11 is 0. The van der Waals surface area contributed by atoms with Crippen LogP contribution in [0, 0.1) is 6.92 Å². The van der Waals surface area contributed by atoms with Crippen LogP contribution in [0.5, 0.6) is 5.75 Å². The monoisotopic (exact) mass is 381 g/mol. The van der Waals surface area contributed by atoms with E-state index in [1.54, 1.807) is 6.20 Å². The summed E-state index contributed by atoms with van der Waals surface area (Å²) < 4.78 is 5.59. The summed E-state index contributed by atoms with van der Waals surface area (Å²) in [6.45, 7) is 10.2. The molecule has 2 aromatic rings. The Labute approximate surface area is 165 Å². The van der Waals surface area contributed by atoms with Gasteiger partial charge in [-0.1, -0.05) is 19.1 Å². The van der Waals surface area contributed by atoms with Crippen molar-refractivity contribution >= 4 is 11.9 Å². The van der Waals surface area contributed by atoms with Gasteiger partial charge < -0.3 is 19.9 Å². The Morgan fingerprint density at radius 3 is 2.82 bits per heavy atom. The maximum Gasteiger partial charge on any atom is 0.254 e. The van der Waals surface area contributed by atoms with E-state index < -0.39 is 0 Å². The van der Waals surface area contributed by atoms with Gasteiger partial charge in [0.1, 0.15) is 5.75 Å². The van der Waals surface area contributed by atoms with E-state index in [1.807, 2.05) is 19.1 Å². The molecule has 0 aliphatic carbocycles. The van der Waals surface area contributed by atoms with Gasteiger partial charge in [-0.25, -0.2) is 9.97 Å². The Kier molecular flexibility index (Phi) is 5.43. The largest absolute Gasteiger partial charge is 0.493 e. The summed E-state index contributed by atoms with van der Waals surface area (Å²) in [5, 5.41) is 2.96. The smallest absolute Gasteiger partial charge is 0.254 e. The first-order valence-electron chi connectivity index (χ1n) is 9.98. The zero-order valence-electron chi connectivity index (χ0n) is 16.6. The van der Waals surface area contributed by atoms with E-state index >= 15 is 0 Å². The van der Waals surface area contributed by atoms with Crippen LogP contribution in [0.15, 0.2) is 24.4 Å². The number of likely N-dealkylation sites (N-methyl/N-ethyl adjacent to an activating group) is 1. The number of amides is 1. The maximum atomic E-state index is 12.6. The number of nitrogens with one attached hydrogen (secondary N) is 1. The number of benzene rings is 1. The van der Waals surface area contributed by atoms with Crippen LogP contribution in [-0.4, -0.2) is 60.1 Å². The zero-order valence-corrected chi connectivity index (χ0v) is 16.6. The molecular weight excluding hydrogens is 354 g/mol. The van der Waals surface area contributed by atoms with E-state index in [-0.39, 0.29) is 5.91 Å². The Hall–Kier alpha value is -2.67. The van der Waals surface area contributed by atoms with Crippen molar-refractivity contribution in [2.45, 2.75) is 26.8 Å². The average Bonchev–Trinajstić information content (AvgIpc) is 3.20. The Balaban J connectivity index is 1.38. The molecule has 1 aromatic carbocycles. The number of rotatable bonds is 5. The molecule has 28 heavy (non-hydrogen) atoms. The zero-order chi connectivity index (χ0) is 19.5. The number of piperazine rings is 1. The SMILES string of the molecule is CCN1CCN(c2ncc(C(=O)NCc3ccc4c(c3)OCC4)c(C)n2)CC1. The molecule has 7 heteroatoms. The Morgan fingerprint density at radius 1 is 1.25 bits per heavy atom. The first kappa shape index (κ1) is 18.7. The molecule has 0 bridgehead atoms. The molecule has 0 spiro atoms. The molecule has 0 radical (unpaired) electrons. The van der Waals surface area contributed by atoms with Crippen molar-refractivity contribution in [2.75, 3.05) is 44.2 Å². The van der Waals surface area contributed by atoms with Crippen molar-refractivity contribution in [1.82, 2.24) is 20.2 Å². The molecule has 148 valence electrons. The molecule has 1 saturated heterocycles. The molecule has 0 saturated carbocycles. The van der Waals surface area contributed by atoms with Crippen LogP contribution < -0.4 is 15.0 Å².